The van der Waals surface area contributed by atoms with Crippen LogP contribution in [0.15, 0.2) is 35.1 Å². The summed E-state index contributed by atoms with van der Waals surface area (Å²) in [6, 6.07) is 5.85. The monoisotopic (exact) mass is 429 g/mol. The van der Waals surface area contributed by atoms with Crippen LogP contribution in [0.1, 0.15) is 12.5 Å². The molecule has 4 rings (SSSR count). The fourth-order valence-corrected chi connectivity index (χ4v) is 4.60. The van der Waals surface area contributed by atoms with Crippen molar-refractivity contribution in [2.24, 2.45) is 5.92 Å². The van der Waals surface area contributed by atoms with Crippen molar-refractivity contribution in [3.63, 3.8) is 0 Å². The van der Waals surface area contributed by atoms with E-state index in [1.807, 2.05) is 43.8 Å². The molecule has 160 valence electrons. The van der Waals surface area contributed by atoms with Gasteiger partial charge in [0.15, 0.2) is 5.82 Å². The van der Waals surface area contributed by atoms with E-state index in [1.165, 1.54) is 0 Å². The Morgan fingerprint density at radius 3 is 2.90 bits per heavy atom. The Labute approximate surface area is 180 Å². The number of rotatable bonds is 8. The molecule has 2 N–H and O–H groups in total. The van der Waals surface area contributed by atoms with Gasteiger partial charge in [-0.25, -0.2) is 9.97 Å². The normalized spacial score (nSPS) is 21.3. The van der Waals surface area contributed by atoms with Gasteiger partial charge in [-0.15, -0.1) is 0 Å². The molecule has 1 aromatic carbocycles. The van der Waals surface area contributed by atoms with E-state index in [0.29, 0.717) is 12.4 Å². The lowest BCUT2D eigenvalue weighted by Crippen LogP contribution is -2.23. The molecule has 1 saturated heterocycles. The Kier molecular flexibility index (Phi) is 6.46. The Morgan fingerprint density at radius 2 is 2.20 bits per heavy atom. The summed E-state index contributed by atoms with van der Waals surface area (Å²) in [5.74, 6) is 4.17. The van der Waals surface area contributed by atoms with Crippen LogP contribution in [0.25, 0.3) is 22.3 Å². The summed E-state index contributed by atoms with van der Waals surface area (Å²) < 4.78 is 16.4. The molecular formula is C22H27N3O4S. The van der Waals surface area contributed by atoms with E-state index in [1.54, 1.807) is 19.6 Å². The first kappa shape index (κ1) is 21.0. The SMILES string of the molecule is COc1cc2c(NCCSC[C@H]3OC[C@H](O)[C@@H]3C)nc(-c3ccoc3)nc2cc1C. The van der Waals surface area contributed by atoms with Crippen LogP contribution < -0.4 is 10.1 Å². The maximum absolute atomic E-state index is 9.81. The molecule has 0 bridgehead atoms. The van der Waals surface area contributed by atoms with E-state index in [9.17, 15) is 5.11 Å². The smallest absolute Gasteiger partial charge is 0.165 e. The topological polar surface area (TPSA) is 89.6 Å². The number of fused-ring (bicyclic) bond motifs is 1. The Bertz CT molecular complexity index is 996. The number of nitrogens with one attached hydrogen (secondary N) is 1. The fourth-order valence-electron chi connectivity index (χ4n) is 3.55. The summed E-state index contributed by atoms with van der Waals surface area (Å²) in [6.45, 7) is 5.24. The summed E-state index contributed by atoms with van der Waals surface area (Å²) in [6.07, 6.45) is 3.04. The molecule has 0 radical (unpaired) electrons. The van der Waals surface area contributed by atoms with Crippen LogP contribution in [0, 0.1) is 12.8 Å². The molecule has 2 aromatic heterocycles. The summed E-state index contributed by atoms with van der Waals surface area (Å²) >= 11 is 1.81. The average molecular weight is 430 g/mol. The number of thioether (sulfide) groups is 1. The van der Waals surface area contributed by atoms with Crippen molar-refractivity contribution in [3.05, 3.63) is 36.3 Å². The second-order valence-corrected chi connectivity index (χ2v) is 8.70. The number of furan rings is 1. The molecule has 3 aromatic rings. The maximum atomic E-state index is 9.81. The zero-order chi connectivity index (χ0) is 21.1. The highest BCUT2D eigenvalue weighted by molar-refractivity contribution is 7.99. The molecule has 1 aliphatic rings. The first-order valence-corrected chi connectivity index (χ1v) is 11.2. The number of nitrogens with zero attached hydrogens (tertiary/aromatic N) is 2. The molecule has 1 aliphatic heterocycles. The lowest BCUT2D eigenvalue weighted by atomic mass is 10.0. The Morgan fingerprint density at radius 1 is 1.33 bits per heavy atom. The number of methoxy groups -OCH3 is 1. The number of aliphatic hydroxyl groups excluding tert-OH is 1. The molecule has 1 fully saturated rings. The van der Waals surface area contributed by atoms with Gasteiger partial charge in [0.25, 0.3) is 0 Å². The minimum absolute atomic E-state index is 0.116. The van der Waals surface area contributed by atoms with Crippen LogP contribution in [0.2, 0.25) is 0 Å². The molecule has 8 heteroatoms. The van der Waals surface area contributed by atoms with Crippen LogP contribution in [-0.4, -0.2) is 59.0 Å². The predicted molar refractivity (Wildman–Crippen MR) is 119 cm³/mol. The molecule has 0 amide bonds. The van der Waals surface area contributed by atoms with E-state index in [4.69, 9.17) is 23.9 Å². The summed E-state index contributed by atoms with van der Waals surface area (Å²) in [5, 5.41) is 14.2. The number of hydrogen-bond donors (Lipinski definition) is 2. The molecule has 7 nitrogen and oxygen atoms in total. The Hall–Kier alpha value is -2.29. The van der Waals surface area contributed by atoms with Crippen molar-refractivity contribution < 1.29 is 19.0 Å². The first-order valence-electron chi connectivity index (χ1n) is 10.1. The average Bonchev–Trinajstić information content (AvgIpc) is 3.38. The van der Waals surface area contributed by atoms with Crippen LogP contribution in [-0.2, 0) is 4.74 Å². The molecule has 3 atom stereocenters. The van der Waals surface area contributed by atoms with E-state index in [2.05, 4.69) is 5.32 Å². The van der Waals surface area contributed by atoms with Gasteiger partial charge in [0.2, 0.25) is 0 Å². The van der Waals surface area contributed by atoms with E-state index >= 15 is 0 Å². The third-order valence-corrected chi connectivity index (χ3v) is 6.54. The van der Waals surface area contributed by atoms with Gasteiger partial charge in [0, 0.05) is 29.4 Å². The highest BCUT2D eigenvalue weighted by Crippen LogP contribution is 2.31. The zero-order valence-corrected chi connectivity index (χ0v) is 18.2. The van der Waals surface area contributed by atoms with E-state index in [-0.39, 0.29) is 18.1 Å². The number of anilines is 1. The van der Waals surface area contributed by atoms with Crippen molar-refractivity contribution in [2.45, 2.75) is 26.1 Å². The third-order valence-electron chi connectivity index (χ3n) is 5.49. The van der Waals surface area contributed by atoms with Crippen LogP contribution in [0.4, 0.5) is 5.82 Å². The van der Waals surface area contributed by atoms with E-state index in [0.717, 1.165) is 51.6 Å². The van der Waals surface area contributed by atoms with Gasteiger partial charge in [-0.2, -0.15) is 11.8 Å². The summed E-state index contributed by atoms with van der Waals surface area (Å²) in [4.78, 5) is 9.46. The number of aromatic nitrogens is 2. The molecule has 0 aliphatic carbocycles. The minimum Gasteiger partial charge on any atom is -0.496 e. The largest absolute Gasteiger partial charge is 0.496 e. The highest BCUT2D eigenvalue weighted by Gasteiger charge is 2.31. The fraction of sp³-hybridized carbons (Fsp3) is 0.455. The number of ether oxygens (including phenoxy) is 2. The molecular weight excluding hydrogens is 402 g/mol. The van der Waals surface area contributed by atoms with Gasteiger partial charge in [-0.05, 0) is 30.7 Å². The standard InChI is InChI=1S/C22H27N3O4S/c1-13-8-17-16(9-19(13)27-3)22(25-21(24-17)15-4-6-28-10-15)23-5-7-30-12-20-14(2)18(26)11-29-20/h4,6,8-10,14,18,20,26H,5,7,11-12H2,1-3H3,(H,23,24,25)/t14-,18-,20+/m0/s1. The quantitative estimate of drug-likeness (QED) is 0.524. The lowest BCUT2D eigenvalue weighted by molar-refractivity contribution is 0.0987. The van der Waals surface area contributed by atoms with Crippen molar-refractivity contribution in [3.8, 4) is 17.1 Å². The number of hydrogen-bond acceptors (Lipinski definition) is 8. The van der Waals surface area contributed by atoms with Gasteiger partial charge in [-0.3, -0.25) is 0 Å². The second kappa shape index (κ2) is 9.24. The maximum Gasteiger partial charge on any atom is 0.165 e. The van der Waals surface area contributed by atoms with Gasteiger partial charge < -0.3 is 24.3 Å². The number of benzene rings is 1. The summed E-state index contributed by atoms with van der Waals surface area (Å²) in [7, 11) is 1.67. The van der Waals surface area contributed by atoms with Crippen LogP contribution in [0.3, 0.4) is 0 Å². The van der Waals surface area contributed by atoms with Gasteiger partial charge in [-0.1, -0.05) is 6.92 Å². The molecule has 0 saturated carbocycles. The van der Waals surface area contributed by atoms with Crippen molar-refractivity contribution >= 4 is 28.5 Å². The van der Waals surface area contributed by atoms with Crippen LogP contribution >= 0.6 is 11.8 Å². The van der Waals surface area contributed by atoms with Crippen molar-refractivity contribution in [1.29, 1.82) is 0 Å². The number of aliphatic hydroxyl groups is 1. The molecule has 30 heavy (non-hydrogen) atoms. The second-order valence-electron chi connectivity index (χ2n) is 7.55. The molecule has 0 spiro atoms. The summed E-state index contributed by atoms with van der Waals surface area (Å²) in [5.41, 5.74) is 2.72. The van der Waals surface area contributed by atoms with Gasteiger partial charge in [0.1, 0.15) is 17.8 Å². The molecule has 3 heterocycles. The zero-order valence-electron chi connectivity index (χ0n) is 17.4. The minimum atomic E-state index is -0.346. The van der Waals surface area contributed by atoms with Gasteiger partial charge >= 0.3 is 0 Å². The third kappa shape index (κ3) is 4.40. The van der Waals surface area contributed by atoms with Crippen molar-refractivity contribution in [1.82, 2.24) is 9.97 Å². The predicted octanol–water partition coefficient (Wildman–Crippen LogP) is 3.75. The number of aryl methyl sites for hydroxylation is 1. The van der Waals surface area contributed by atoms with Crippen LogP contribution in [0.5, 0.6) is 5.75 Å². The highest BCUT2D eigenvalue weighted by atomic mass is 32.2. The Balaban J connectivity index is 1.48. The van der Waals surface area contributed by atoms with E-state index < -0.39 is 0 Å². The first-order chi connectivity index (χ1) is 14.6. The van der Waals surface area contributed by atoms with Crippen molar-refractivity contribution in [2.75, 3.05) is 37.1 Å². The lowest BCUT2D eigenvalue weighted by Gasteiger charge is -2.16. The molecule has 0 unspecified atom stereocenters. The van der Waals surface area contributed by atoms with Gasteiger partial charge in [0.05, 0.1) is 43.3 Å².